The number of aliphatic hydroxyl groups excluding tert-OH is 1. The maximum Gasteiger partial charge on any atom is 0.300 e. The van der Waals surface area contributed by atoms with Gasteiger partial charge in [-0.15, -0.1) is 0 Å². The smallest absolute Gasteiger partial charge is 0.300 e. The van der Waals surface area contributed by atoms with Crippen LogP contribution in [-0.4, -0.2) is 30.5 Å². The third kappa shape index (κ3) is 5.48. The molecular weight excluding hydrogens is 502 g/mol. The van der Waals surface area contributed by atoms with Gasteiger partial charge in [-0.3, -0.25) is 14.5 Å². The highest BCUT2D eigenvalue weighted by Gasteiger charge is 2.48. The van der Waals surface area contributed by atoms with E-state index in [0.717, 1.165) is 23.1 Å². The number of ether oxygens (including phenoxy) is 2. The van der Waals surface area contributed by atoms with Crippen LogP contribution in [0.25, 0.3) is 5.76 Å². The molecule has 0 saturated carbocycles. The van der Waals surface area contributed by atoms with Crippen molar-refractivity contribution in [3.05, 3.63) is 94.6 Å². The number of Topliss-reactive ketones (excluding diaryl/α,β-unsaturated/α-hetero) is 1. The van der Waals surface area contributed by atoms with E-state index in [1.807, 2.05) is 63.2 Å². The predicted molar refractivity (Wildman–Crippen MR) is 159 cm³/mol. The van der Waals surface area contributed by atoms with Crippen molar-refractivity contribution in [2.75, 3.05) is 18.6 Å². The fraction of sp³-hybridized carbons (Fsp3) is 0.353. The number of hydrogen-bond acceptors (Lipinski definition) is 5. The molecule has 1 amide bonds. The SMILES string of the molecule is CCCOc1ccccc1N1C(=O)C(=O)/C(=C(\O)c2ccc(OC)c(C(C)C)c2)C1c1ccc(C(C)(C)C)cc1. The number of hydrogen-bond donors (Lipinski definition) is 1. The predicted octanol–water partition coefficient (Wildman–Crippen LogP) is 7.53. The van der Waals surface area contributed by atoms with E-state index in [4.69, 9.17) is 9.47 Å². The summed E-state index contributed by atoms with van der Waals surface area (Å²) in [4.78, 5) is 28.9. The topological polar surface area (TPSA) is 76.1 Å². The molecule has 0 radical (unpaired) electrons. The van der Waals surface area contributed by atoms with Gasteiger partial charge in [0.2, 0.25) is 0 Å². The van der Waals surface area contributed by atoms with Crippen LogP contribution in [0.2, 0.25) is 0 Å². The van der Waals surface area contributed by atoms with Crippen LogP contribution >= 0.6 is 0 Å². The first-order valence-electron chi connectivity index (χ1n) is 13.8. The number of nitrogens with zero attached hydrogens (tertiary/aromatic N) is 1. The normalized spacial score (nSPS) is 17.0. The molecule has 1 unspecified atom stereocenters. The molecule has 1 aliphatic rings. The first-order chi connectivity index (χ1) is 19.0. The molecule has 1 fully saturated rings. The molecule has 1 heterocycles. The number of benzene rings is 3. The van der Waals surface area contributed by atoms with Gasteiger partial charge in [-0.2, -0.15) is 0 Å². The number of methoxy groups -OCH3 is 1. The Hall–Kier alpha value is -4.06. The van der Waals surface area contributed by atoms with E-state index in [2.05, 4.69) is 20.8 Å². The molecular formula is C34H39NO5. The van der Waals surface area contributed by atoms with Gasteiger partial charge in [0.05, 0.1) is 31.0 Å². The highest BCUT2D eigenvalue weighted by molar-refractivity contribution is 6.52. The second kappa shape index (κ2) is 11.6. The summed E-state index contributed by atoms with van der Waals surface area (Å²) < 4.78 is 11.5. The van der Waals surface area contributed by atoms with Gasteiger partial charge in [0, 0.05) is 5.56 Å². The van der Waals surface area contributed by atoms with Crippen LogP contribution in [0.15, 0.2) is 72.3 Å². The van der Waals surface area contributed by atoms with E-state index in [0.29, 0.717) is 29.4 Å². The lowest BCUT2D eigenvalue weighted by atomic mass is 9.85. The summed E-state index contributed by atoms with van der Waals surface area (Å²) in [5.41, 5.74) is 3.64. The van der Waals surface area contributed by atoms with E-state index in [9.17, 15) is 14.7 Å². The van der Waals surface area contributed by atoms with Crippen LogP contribution in [0.5, 0.6) is 11.5 Å². The fourth-order valence-electron chi connectivity index (χ4n) is 5.04. The number of anilines is 1. The summed E-state index contributed by atoms with van der Waals surface area (Å²) in [6.45, 7) is 12.9. The highest BCUT2D eigenvalue weighted by Crippen LogP contribution is 2.45. The molecule has 0 aliphatic carbocycles. The van der Waals surface area contributed by atoms with Gasteiger partial charge < -0.3 is 14.6 Å². The molecule has 4 rings (SSSR count). The number of carbonyl (C=O) groups excluding carboxylic acids is 2. The molecule has 1 saturated heterocycles. The van der Waals surface area contributed by atoms with Crippen LogP contribution in [0.1, 0.15) is 82.2 Å². The van der Waals surface area contributed by atoms with Gasteiger partial charge in [0.15, 0.2) is 0 Å². The van der Waals surface area contributed by atoms with E-state index in [1.165, 1.54) is 4.90 Å². The summed E-state index contributed by atoms with van der Waals surface area (Å²) in [6.07, 6.45) is 0.792. The first-order valence-corrected chi connectivity index (χ1v) is 13.8. The molecule has 210 valence electrons. The van der Waals surface area contributed by atoms with Crippen molar-refractivity contribution in [1.82, 2.24) is 0 Å². The second-order valence-electron chi connectivity index (χ2n) is 11.5. The van der Waals surface area contributed by atoms with Gasteiger partial charge in [-0.1, -0.05) is 77.9 Å². The number of rotatable bonds is 8. The number of carbonyl (C=O) groups is 2. The molecule has 3 aromatic carbocycles. The molecule has 6 heteroatoms. The van der Waals surface area contributed by atoms with Crippen LogP contribution in [-0.2, 0) is 15.0 Å². The molecule has 0 spiro atoms. The van der Waals surface area contributed by atoms with Crippen molar-refractivity contribution < 1.29 is 24.2 Å². The van der Waals surface area contributed by atoms with Gasteiger partial charge in [-0.25, -0.2) is 0 Å². The Morgan fingerprint density at radius 3 is 2.25 bits per heavy atom. The van der Waals surface area contributed by atoms with Crippen molar-refractivity contribution >= 4 is 23.1 Å². The third-order valence-electron chi connectivity index (χ3n) is 7.25. The van der Waals surface area contributed by atoms with Gasteiger partial charge in [0.25, 0.3) is 11.7 Å². The van der Waals surface area contributed by atoms with E-state index < -0.39 is 17.7 Å². The van der Waals surface area contributed by atoms with Crippen LogP contribution in [0, 0.1) is 0 Å². The Kier molecular flexibility index (Phi) is 8.38. The van der Waals surface area contributed by atoms with Crippen LogP contribution < -0.4 is 14.4 Å². The summed E-state index contributed by atoms with van der Waals surface area (Å²) >= 11 is 0. The Balaban J connectivity index is 1.95. The minimum Gasteiger partial charge on any atom is -0.507 e. The zero-order valence-corrected chi connectivity index (χ0v) is 24.4. The van der Waals surface area contributed by atoms with E-state index in [-0.39, 0.29) is 22.7 Å². The zero-order chi connectivity index (χ0) is 29.2. The van der Waals surface area contributed by atoms with Crippen molar-refractivity contribution in [2.24, 2.45) is 0 Å². The van der Waals surface area contributed by atoms with Crippen molar-refractivity contribution in [1.29, 1.82) is 0 Å². The molecule has 1 atom stereocenters. The standard InChI is InChI=1S/C34H39NO5/c1-8-19-40-28-12-10-9-11-26(28)35-30(22-13-16-24(17-14-22)34(4,5)6)29(32(37)33(35)38)31(36)23-15-18-27(39-7)25(20-23)21(2)3/h9-18,20-21,30,36H,8,19H2,1-7H3/b31-29-. The average Bonchev–Trinajstić information content (AvgIpc) is 3.20. The largest absolute Gasteiger partial charge is 0.507 e. The lowest BCUT2D eigenvalue weighted by Gasteiger charge is -2.28. The minimum absolute atomic E-state index is 0.0404. The lowest BCUT2D eigenvalue weighted by molar-refractivity contribution is -0.132. The number of para-hydroxylation sites is 2. The molecule has 0 bridgehead atoms. The Morgan fingerprint density at radius 1 is 0.975 bits per heavy atom. The number of amides is 1. The van der Waals surface area contributed by atoms with Gasteiger partial charge in [0.1, 0.15) is 17.3 Å². The summed E-state index contributed by atoms with van der Waals surface area (Å²) in [5, 5.41) is 11.7. The summed E-state index contributed by atoms with van der Waals surface area (Å²) in [5.74, 6) is -0.348. The maximum absolute atomic E-state index is 13.7. The monoisotopic (exact) mass is 541 g/mol. The fourth-order valence-corrected chi connectivity index (χ4v) is 5.04. The molecule has 3 aromatic rings. The number of aliphatic hydroxyl groups is 1. The van der Waals surface area contributed by atoms with Crippen LogP contribution in [0.4, 0.5) is 5.69 Å². The third-order valence-corrected chi connectivity index (χ3v) is 7.25. The first kappa shape index (κ1) is 28.9. The Morgan fingerprint density at radius 2 is 1.65 bits per heavy atom. The van der Waals surface area contributed by atoms with Gasteiger partial charge >= 0.3 is 0 Å². The van der Waals surface area contributed by atoms with Crippen molar-refractivity contribution in [3.63, 3.8) is 0 Å². The van der Waals surface area contributed by atoms with Gasteiger partial charge in [-0.05, 0) is 64.8 Å². The Labute approximate surface area is 237 Å². The quantitative estimate of drug-likeness (QED) is 0.181. The zero-order valence-electron chi connectivity index (χ0n) is 24.4. The maximum atomic E-state index is 13.7. The molecule has 1 N–H and O–H groups in total. The lowest BCUT2D eigenvalue weighted by Crippen LogP contribution is -2.30. The molecule has 6 nitrogen and oxygen atoms in total. The van der Waals surface area contributed by atoms with Crippen molar-refractivity contribution in [3.8, 4) is 11.5 Å². The molecule has 0 aromatic heterocycles. The van der Waals surface area contributed by atoms with Crippen molar-refractivity contribution in [2.45, 2.75) is 65.3 Å². The Bertz CT molecular complexity index is 1430. The number of ketones is 1. The summed E-state index contributed by atoms with van der Waals surface area (Å²) in [6, 6.07) is 19.6. The molecule has 1 aliphatic heterocycles. The average molecular weight is 542 g/mol. The van der Waals surface area contributed by atoms with E-state index in [1.54, 1.807) is 31.4 Å². The second-order valence-corrected chi connectivity index (χ2v) is 11.5. The van der Waals surface area contributed by atoms with Crippen LogP contribution in [0.3, 0.4) is 0 Å². The molecule has 40 heavy (non-hydrogen) atoms. The minimum atomic E-state index is -0.843. The van der Waals surface area contributed by atoms with E-state index >= 15 is 0 Å². The highest BCUT2D eigenvalue weighted by atomic mass is 16.5. The summed E-state index contributed by atoms with van der Waals surface area (Å²) in [7, 11) is 1.60.